The Morgan fingerprint density at radius 3 is 2.68 bits per heavy atom. The fourth-order valence-electron chi connectivity index (χ4n) is 5.46. The molecule has 4 aliphatic rings. The summed E-state index contributed by atoms with van der Waals surface area (Å²) in [5.41, 5.74) is 1.25. The SMILES string of the molecule is CC1(C)[C@H]2C[C@@H]3c4c(c5ccccc5oc4=O)O[C@]3(C)[C@@H]1C2. The molecule has 0 saturated heterocycles. The zero-order valence-corrected chi connectivity index (χ0v) is 13.2. The Labute approximate surface area is 129 Å². The summed E-state index contributed by atoms with van der Waals surface area (Å²) in [5.74, 6) is 2.16. The molecule has 0 amide bonds. The van der Waals surface area contributed by atoms with Crippen LogP contribution >= 0.6 is 0 Å². The van der Waals surface area contributed by atoms with Crippen LogP contribution in [-0.4, -0.2) is 5.60 Å². The van der Waals surface area contributed by atoms with Gasteiger partial charge in [-0.3, -0.25) is 0 Å². The molecular weight excluding hydrogens is 276 g/mol. The monoisotopic (exact) mass is 296 g/mol. The second kappa shape index (κ2) is 3.58. The highest BCUT2D eigenvalue weighted by atomic mass is 16.5. The Morgan fingerprint density at radius 1 is 1.14 bits per heavy atom. The van der Waals surface area contributed by atoms with Crippen LogP contribution < -0.4 is 10.4 Å². The summed E-state index contributed by atoms with van der Waals surface area (Å²) in [6.45, 7) is 6.90. The second-order valence-corrected chi connectivity index (χ2v) is 8.01. The van der Waals surface area contributed by atoms with Crippen molar-refractivity contribution < 1.29 is 9.15 Å². The first-order valence-corrected chi connectivity index (χ1v) is 8.17. The standard InChI is InChI=1S/C19H20O3/c1-18(2)10-8-12-15-16(22-19(12,3)14(18)9-10)11-6-4-5-7-13(11)21-17(15)20/h4-7,10,12,14H,8-9H2,1-3H3/t10-,12+,14+,19-/m0/s1. The van der Waals surface area contributed by atoms with Gasteiger partial charge in [0.05, 0.1) is 10.9 Å². The summed E-state index contributed by atoms with van der Waals surface area (Å²) in [6.07, 6.45) is 2.26. The number of rotatable bonds is 0. The molecule has 3 aliphatic carbocycles. The van der Waals surface area contributed by atoms with Gasteiger partial charge in [-0.1, -0.05) is 26.0 Å². The van der Waals surface area contributed by atoms with Crippen LogP contribution in [0.5, 0.6) is 5.75 Å². The highest BCUT2D eigenvalue weighted by molar-refractivity contribution is 5.85. The minimum Gasteiger partial charge on any atom is -0.485 e. The maximum Gasteiger partial charge on any atom is 0.343 e. The van der Waals surface area contributed by atoms with E-state index < -0.39 is 0 Å². The molecule has 1 aliphatic heterocycles. The van der Waals surface area contributed by atoms with Crippen molar-refractivity contribution in [2.24, 2.45) is 17.3 Å². The van der Waals surface area contributed by atoms with E-state index in [4.69, 9.17) is 9.15 Å². The number of hydrogen-bond acceptors (Lipinski definition) is 3. The molecule has 3 nitrogen and oxygen atoms in total. The topological polar surface area (TPSA) is 39.4 Å². The Morgan fingerprint density at radius 2 is 1.91 bits per heavy atom. The van der Waals surface area contributed by atoms with Crippen LogP contribution in [0.3, 0.4) is 0 Å². The summed E-state index contributed by atoms with van der Waals surface area (Å²) >= 11 is 0. The van der Waals surface area contributed by atoms with Crippen molar-refractivity contribution in [2.45, 2.75) is 45.1 Å². The highest BCUT2D eigenvalue weighted by Gasteiger charge is 2.68. The van der Waals surface area contributed by atoms with Gasteiger partial charge in [0.15, 0.2) is 0 Å². The highest BCUT2D eigenvalue weighted by Crippen LogP contribution is 2.70. The van der Waals surface area contributed by atoms with Gasteiger partial charge in [0.2, 0.25) is 0 Å². The lowest BCUT2D eigenvalue weighted by Crippen LogP contribution is -2.64. The van der Waals surface area contributed by atoms with Crippen LogP contribution in [0.4, 0.5) is 0 Å². The third-order valence-corrected chi connectivity index (χ3v) is 6.84. The van der Waals surface area contributed by atoms with Gasteiger partial charge in [-0.15, -0.1) is 0 Å². The molecule has 3 fully saturated rings. The van der Waals surface area contributed by atoms with Crippen molar-refractivity contribution >= 4 is 11.0 Å². The summed E-state index contributed by atoms with van der Waals surface area (Å²) < 4.78 is 12.1. The van der Waals surface area contributed by atoms with Gasteiger partial charge in [0.1, 0.15) is 16.9 Å². The van der Waals surface area contributed by atoms with Gasteiger partial charge in [-0.25, -0.2) is 4.79 Å². The number of ether oxygens (including phenoxy) is 1. The fraction of sp³-hybridized carbons (Fsp3) is 0.526. The van der Waals surface area contributed by atoms with E-state index in [1.54, 1.807) is 0 Å². The summed E-state index contributed by atoms with van der Waals surface area (Å²) in [6, 6.07) is 7.70. The number of fused-ring (bicyclic) bond motifs is 3. The third-order valence-electron chi connectivity index (χ3n) is 6.84. The summed E-state index contributed by atoms with van der Waals surface area (Å²) in [5, 5.41) is 0.933. The minimum atomic E-state index is -0.264. The lowest BCUT2D eigenvalue weighted by molar-refractivity contribution is -0.181. The first-order valence-electron chi connectivity index (χ1n) is 8.17. The molecule has 4 atom stereocenters. The Hall–Kier alpha value is -1.77. The Kier molecular flexibility index (Phi) is 2.08. The molecule has 3 saturated carbocycles. The molecule has 3 heteroatoms. The van der Waals surface area contributed by atoms with E-state index >= 15 is 0 Å². The molecule has 114 valence electrons. The molecule has 2 heterocycles. The van der Waals surface area contributed by atoms with Gasteiger partial charge < -0.3 is 9.15 Å². The Bertz CT molecular complexity index is 863. The fourth-order valence-corrected chi connectivity index (χ4v) is 5.46. The van der Waals surface area contributed by atoms with Crippen molar-refractivity contribution in [1.82, 2.24) is 0 Å². The van der Waals surface area contributed by atoms with Crippen LogP contribution in [0.25, 0.3) is 11.0 Å². The third kappa shape index (κ3) is 1.23. The second-order valence-electron chi connectivity index (χ2n) is 8.01. The zero-order valence-electron chi connectivity index (χ0n) is 13.2. The predicted molar refractivity (Wildman–Crippen MR) is 84.3 cm³/mol. The molecule has 0 N–H and O–H groups in total. The Balaban J connectivity index is 1.78. The molecule has 1 aromatic carbocycles. The van der Waals surface area contributed by atoms with Gasteiger partial charge >= 0.3 is 5.63 Å². The van der Waals surface area contributed by atoms with Gasteiger partial charge in [0, 0.05) is 11.8 Å². The summed E-state index contributed by atoms with van der Waals surface area (Å²) in [7, 11) is 0. The molecule has 1 aromatic heterocycles. The number of hydrogen-bond donors (Lipinski definition) is 0. The van der Waals surface area contributed by atoms with Crippen molar-refractivity contribution in [3.63, 3.8) is 0 Å². The van der Waals surface area contributed by atoms with E-state index in [0.29, 0.717) is 22.8 Å². The van der Waals surface area contributed by atoms with Crippen LogP contribution in [0, 0.1) is 17.3 Å². The van der Waals surface area contributed by atoms with Crippen molar-refractivity contribution in [3.05, 3.63) is 40.2 Å². The zero-order chi connectivity index (χ0) is 15.3. The molecule has 0 spiro atoms. The van der Waals surface area contributed by atoms with E-state index in [0.717, 1.165) is 23.1 Å². The number of benzene rings is 1. The number of para-hydroxylation sites is 1. The van der Waals surface area contributed by atoms with Crippen LogP contribution in [0.15, 0.2) is 33.5 Å². The predicted octanol–water partition coefficient (Wildman–Crippen LogP) is 4.09. The molecule has 22 heavy (non-hydrogen) atoms. The van der Waals surface area contributed by atoms with Crippen molar-refractivity contribution in [1.29, 1.82) is 0 Å². The van der Waals surface area contributed by atoms with Crippen molar-refractivity contribution in [2.75, 3.05) is 0 Å². The molecule has 6 rings (SSSR count). The van der Waals surface area contributed by atoms with E-state index in [-0.39, 0.29) is 17.1 Å². The van der Waals surface area contributed by atoms with E-state index in [9.17, 15) is 4.79 Å². The van der Waals surface area contributed by atoms with Crippen LogP contribution in [0.2, 0.25) is 0 Å². The van der Waals surface area contributed by atoms with Crippen LogP contribution in [0.1, 0.15) is 45.1 Å². The summed E-state index contributed by atoms with van der Waals surface area (Å²) in [4.78, 5) is 12.6. The normalized spacial score (nSPS) is 37.1. The lowest BCUT2D eigenvalue weighted by Gasteiger charge is -2.64. The van der Waals surface area contributed by atoms with Gasteiger partial charge in [0.25, 0.3) is 0 Å². The largest absolute Gasteiger partial charge is 0.485 e. The van der Waals surface area contributed by atoms with E-state index in [2.05, 4.69) is 20.8 Å². The molecule has 2 bridgehead atoms. The smallest absolute Gasteiger partial charge is 0.343 e. The minimum absolute atomic E-state index is 0.181. The van der Waals surface area contributed by atoms with Gasteiger partial charge in [-0.2, -0.15) is 0 Å². The lowest BCUT2D eigenvalue weighted by atomic mass is 9.41. The molecular formula is C19H20O3. The average Bonchev–Trinajstić information content (AvgIpc) is 2.80. The average molecular weight is 296 g/mol. The van der Waals surface area contributed by atoms with Crippen LogP contribution in [-0.2, 0) is 0 Å². The van der Waals surface area contributed by atoms with E-state index in [1.807, 2.05) is 24.3 Å². The quantitative estimate of drug-likeness (QED) is 0.687. The molecule has 0 unspecified atom stereocenters. The first kappa shape index (κ1) is 12.7. The molecule has 2 aromatic rings. The van der Waals surface area contributed by atoms with Gasteiger partial charge in [-0.05, 0) is 43.2 Å². The first-order chi connectivity index (χ1) is 10.4. The van der Waals surface area contributed by atoms with Crippen molar-refractivity contribution in [3.8, 4) is 5.75 Å². The maximum absolute atomic E-state index is 12.6. The molecule has 0 radical (unpaired) electrons. The maximum atomic E-state index is 12.6. The van der Waals surface area contributed by atoms with E-state index in [1.165, 1.54) is 6.42 Å².